The Morgan fingerprint density at radius 1 is 1.31 bits per heavy atom. The highest BCUT2D eigenvalue weighted by molar-refractivity contribution is 14.1. The molecular weight excluding hydrogens is 273 g/mol. The lowest BCUT2D eigenvalue weighted by atomic mass is 9.95. The number of halogens is 1. The molecule has 1 nitrogen and oxygen atoms in total. The van der Waals surface area contributed by atoms with Gasteiger partial charge in [-0.1, -0.05) is 18.6 Å². The zero-order chi connectivity index (χ0) is 9.26. The second kappa shape index (κ2) is 3.96. The largest absolute Gasteiger partial charge is 0.327 e. The third kappa shape index (κ3) is 2.05. The molecule has 0 spiro atoms. The highest BCUT2D eigenvalue weighted by Gasteiger charge is 2.25. The van der Waals surface area contributed by atoms with Gasteiger partial charge >= 0.3 is 0 Å². The molecule has 0 radical (unpaired) electrons. The number of hydrogen-bond donors (Lipinski definition) is 1. The topological polar surface area (TPSA) is 26.0 Å². The summed E-state index contributed by atoms with van der Waals surface area (Å²) in [5, 5.41) is 0. The number of rotatable bonds is 1. The molecular formula is C11H14IN. The van der Waals surface area contributed by atoms with Crippen molar-refractivity contribution in [2.75, 3.05) is 0 Å². The fraction of sp³-hybridized carbons (Fsp3) is 0.455. The minimum absolute atomic E-state index is 0.387. The molecule has 70 valence electrons. The van der Waals surface area contributed by atoms with E-state index >= 15 is 0 Å². The van der Waals surface area contributed by atoms with Crippen molar-refractivity contribution in [2.45, 2.75) is 31.2 Å². The van der Waals surface area contributed by atoms with Crippen molar-refractivity contribution >= 4 is 22.6 Å². The summed E-state index contributed by atoms with van der Waals surface area (Å²) in [7, 11) is 0. The van der Waals surface area contributed by atoms with Crippen LogP contribution in [0.5, 0.6) is 0 Å². The van der Waals surface area contributed by atoms with E-state index in [2.05, 4.69) is 46.9 Å². The normalized spacial score (nSPS) is 27.8. The van der Waals surface area contributed by atoms with Crippen molar-refractivity contribution in [2.24, 2.45) is 5.73 Å². The van der Waals surface area contributed by atoms with Crippen LogP contribution in [0.2, 0.25) is 0 Å². The Morgan fingerprint density at radius 2 is 2.15 bits per heavy atom. The van der Waals surface area contributed by atoms with E-state index < -0.39 is 0 Å². The van der Waals surface area contributed by atoms with Crippen LogP contribution in [0, 0.1) is 3.57 Å². The molecule has 0 aliphatic heterocycles. The summed E-state index contributed by atoms with van der Waals surface area (Å²) in [5.41, 5.74) is 7.49. The average molecular weight is 287 g/mol. The predicted molar refractivity (Wildman–Crippen MR) is 63.7 cm³/mol. The molecule has 1 aromatic carbocycles. The zero-order valence-corrected chi connectivity index (χ0v) is 9.70. The van der Waals surface area contributed by atoms with Gasteiger partial charge in [-0.3, -0.25) is 0 Å². The molecule has 1 fully saturated rings. The van der Waals surface area contributed by atoms with Crippen molar-refractivity contribution in [3.8, 4) is 0 Å². The van der Waals surface area contributed by atoms with Crippen LogP contribution >= 0.6 is 22.6 Å². The summed E-state index contributed by atoms with van der Waals surface area (Å²) in [4.78, 5) is 0. The van der Waals surface area contributed by atoms with Crippen molar-refractivity contribution in [3.63, 3.8) is 0 Å². The Bertz CT molecular complexity index is 298. The molecule has 1 aromatic rings. The molecule has 0 aromatic heterocycles. The van der Waals surface area contributed by atoms with Crippen molar-refractivity contribution < 1.29 is 0 Å². The van der Waals surface area contributed by atoms with E-state index in [4.69, 9.17) is 5.73 Å². The van der Waals surface area contributed by atoms with Crippen LogP contribution in [-0.4, -0.2) is 6.04 Å². The van der Waals surface area contributed by atoms with E-state index in [1.165, 1.54) is 28.4 Å². The van der Waals surface area contributed by atoms with Crippen LogP contribution < -0.4 is 5.73 Å². The fourth-order valence-corrected chi connectivity index (χ4v) is 2.71. The molecule has 0 saturated heterocycles. The van der Waals surface area contributed by atoms with Gasteiger partial charge in [0.2, 0.25) is 0 Å². The van der Waals surface area contributed by atoms with Gasteiger partial charge in [-0.2, -0.15) is 0 Å². The summed E-state index contributed by atoms with van der Waals surface area (Å²) in [6, 6.07) is 9.11. The summed E-state index contributed by atoms with van der Waals surface area (Å²) in [6.07, 6.45) is 3.74. The zero-order valence-electron chi connectivity index (χ0n) is 7.54. The standard InChI is InChI=1S/C11H14IN/c12-9-4-1-3-8(7-9)10-5-2-6-11(10)13/h1,3-4,7,10-11H,2,5-6,13H2. The van der Waals surface area contributed by atoms with Gasteiger partial charge in [0.25, 0.3) is 0 Å². The van der Waals surface area contributed by atoms with Crippen LogP contribution in [0.25, 0.3) is 0 Å². The minimum atomic E-state index is 0.387. The summed E-state index contributed by atoms with van der Waals surface area (Å²) in [6.45, 7) is 0. The Kier molecular flexibility index (Phi) is 2.89. The molecule has 2 unspecified atom stereocenters. The molecule has 2 N–H and O–H groups in total. The van der Waals surface area contributed by atoms with Gasteiger partial charge in [0.15, 0.2) is 0 Å². The first kappa shape index (κ1) is 9.46. The number of nitrogens with two attached hydrogens (primary N) is 1. The molecule has 1 aliphatic rings. The molecule has 2 rings (SSSR count). The smallest absolute Gasteiger partial charge is 0.0133 e. The summed E-state index contributed by atoms with van der Waals surface area (Å²) in [5.74, 6) is 0.606. The van der Waals surface area contributed by atoms with Gasteiger partial charge in [-0.15, -0.1) is 0 Å². The fourth-order valence-electron chi connectivity index (χ4n) is 2.14. The Morgan fingerprint density at radius 3 is 2.77 bits per heavy atom. The lowest BCUT2D eigenvalue weighted by Crippen LogP contribution is -2.22. The average Bonchev–Trinajstić information content (AvgIpc) is 2.51. The van der Waals surface area contributed by atoms with Crippen LogP contribution in [-0.2, 0) is 0 Å². The molecule has 0 amide bonds. The van der Waals surface area contributed by atoms with E-state index in [0.29, 0.717) is 12.0 Å². The highest BCUT2D eigenvalue weighted by atomic mass is 127. The minimum Gasteiger partial charge on any atom is -0.327 e. The third-order valence-electron chi connectivity index (χ3n) is 2.85. The molecule has 0 bridgehead atoms. The molecule has 0 heterocycles. The van der Waals surface area contributed by atoms with Gasteiger partial charge < -0.3 is 5.73 Å². The second-order valence-electron chi connectivity index (χ2n) is 3.76. The van der Waals surface area contributed by atoms with Crippen LogP contribution in [0.1, 0.15) is 30.7 Å². The van der Waals surface area contributed by atoms with Crippen LogP contribution in [0.4, 0.5) is 0 Å². The van der Waals surface area contributed by atoms with Crippen molar-refractivity contribution in [3.05, 3.63) is 33.4 Å². The lowest BCUT2D eigenvalue weighted by Gasteiger charge is -2.15. The Balaban J connectivity index is 2.24. The van der Waals surface area contributed by atoms with E-state index in [0.717, 1.165) is 0 Å². The van der Waals surface area contributed by atoms with Crippen LogP contribution in [0.3, 0.4) is 0 Å². The van der Waals surface area contributed by atoms with E-state index in [1.807, 2.05) is 0 Å². The van der Waals surface area contributed by atoms with Gasteiger partial charge in [0.05, 0.1) is 0 Å². The molecule has 1 saturated carbocycles. The van der Waals surface area contributed by atoms with Gasteiger partial charge in [-0.25, -0.2) is 0 Å². The quantitative estimate of drug-likeness (QED) is 0.790. The summed E-state index contributed by atoms with van der Waals surface area (Å²) < 4.78 is 1.31. The van der Waals surface area contributed by atoms with Gasteiger partial charge in [0.1, 0.15) is 0 Å². The summed E-state index contributed by atoms with van der Waals surface area (Å²) >= 11 is 2.36. The number of hydrogen-bond acceptors (Lipinski definition) is 1. The highest BCUT2D eigenvalue weighted by Crippen LogP contribution is 2.33. The van der Waals surface area contributed by atoms with E-state index in [9.17, 15) is 0 Å². The van der Waals surface area contributed by atoms with Gasteiger partial charge in [0, 0.05) is 9.61 Å². The lowest BCUT2D eigenvalue weighted by molar-refractivity contribution is 0.613. The molecule has 2 atom stereocenters. The molecule has 1 aliphatic carbocycles. The molecule has 2 heteroatoms. The first-order chi connectivity index (χ1) is 6.27. The number of benzene rings is 1. The van der Waals surface area contributed by atoms with Crippen LogP contribution in [0.15, 0.2) is 24.3 Å². The maximum Gasteiger partial charge on any atom is 0.0133 e. The Labute approximate surface area is 92.9 Å². The second-order valence-corrected chi connectivity index (χ2v) is 5.00. The van der Waals surface area contributed by atoms with Crippen molar-refractivity contribution in [1.29, 1.82) is 0 Å². The first-order valence-electron chi connectivity index (χ1n) is 4.78. The maximum absolute atomic E-state index is 6.06. The van der Waals surface area contributed by atoms with E-state index in [-0.39, 0.29) is 0 Å². The SMILES string of the molecule is NC1CCCC1c1cccc(I)c1. The van der Waals surface area contributed by atoms with E-state index in [1.54, 1.807) is 0 Å². The van der Waals surface area contributed by atoms with Gasteiger partial charge in [-0.05, 0) is 59.0 Å². The monoisotopic (exact) mass is 287 g/mol. The first-order valence-corrected chi connectivity index (χ1v) is 5.86. The van der Waals surface area contributed by atoms with Crippen molar-refractivity contribution in [1.82, 2.24) is 0 Å². The Hall–Kier alpha value is -0.0900. The maximum atomic E-state index is 6.06. The predicted octanol–water partition coefficient (Wildman–Crippen LogP) is 2.89. The molecule has 13 heavy (non-hydrogen) atoms. The third-order valence-corrected chi connectivity index (χ3v) is 3.52.